The molecular formula is C7H9BrClNS. The zero-order valence-electron chi connectivity index (χ0n) is 6.18. The van der Waals surface area contributed by atoms with Crippen LogP contribution in [-0.4, -0.2) is 19.5 Å². The maximum atomic E-state index is 5.60. The Morgan fingerprint density at radius 3 is 2.91 bits per heavy atom. The molecule has 0 aromatic carbocycles. The van der Waals surface area contributed by atoms with Crippen molar-refractivity contribution in [2.75, 3.05) is 24.4 Å². The minimum Gasteiger partial charge on any atom is -0.365 e. The summed E-state index contributed by atoms with van der Waals surface area (Å²) in [7, 11) is 2.04. The van der Waals surface area contributed by atoms with Crippen LogP contribution in [-0.2, 0) is 0 Å². The van der Waals surface area contributed by atoms with Gasteiger partial charge in [-0.3, -0.25) is 0 Å². The van der Waals surface area contributed by atoms with Gasteiger partial charge in [-0.15, -0.1) is 22.9 Å². The number of hydrogen-bond donors (Lipinski definition) is 0. The van der Waals surface area contributed by atoms with Crippen molar-refractivity contribution >= 4 is 43.9 Å². The van der Waals surface area contributed by atoms with Crippen molar-refractivity contribution in [2.24, 2.45) is 0 Å². The fourth-order valence-electron chi connectivity index (χ4n) is 0.740. The van der Waals surface area contributed by atoms with Crippen molar-refractivity contribution in [3.63, 3.8) is 0 Å². The molecule has 1 heterocycles. The Bertz CT molecular complexity index is 226. The van der Waals surface area contributed by atoms with E-state index in [1.165, 1.54) is 5.00 Å². The van der Waals surface area contributed by atoms with Gasteiger partial charge < -0.3 is 4.90 Å². The van der Waals surface area contributed by atoms with E-state index in [-0.39, 0.29) is 0 Å². The third-order valence-electron chi connectivity index (χ3n) is 1.35. The van der Waals surface area contributed by atoms with Crippen LogP contribution in [0.25, 0.3) is 0 Å². The molecule has 62 valence electrons. The second kappa shape index (κ2) is 4.33. The van der Waals surface area contributed by atoms with Gasteiger partial charge in [-0.05, 0) is 22.0 Å². The predicted octanol–water partition coefficient (Wildman–Crippen LogP) is 3.19. The van der Waals surface area contributed by atoms with Crippen LogP contribution in [0.15, 0.2) is 15.9 Å². The maximum Gasteiger partial charge on any atom is 0.0917 e. The lowest BCUT2D eigenvalue weighted by atomic mass is 10.5. The minimum atomic E-state index is 0.673. The van der Waals surface area contributed by atoms with Crippen molar-refractivity contribution in [3.05, 3.63) is 15.9 Å². The summed E-state index contributed by atoms with van der Waals surface area (Å²) in [6.45, 7) is 0.897. The molecule has 1 rings (SSSR count). The Labute approximate surface area is 84.1 Å². The first-order valence-corrected chi connectivity index (χ1v) is 5.46. The molecule has 0 amide bonds. The molecule has 0 radical (unpaired) electrons. The van der Waals surface area contributed by atoms with Gasteiger partial charge in [0.25, 0.3) is 0 Å². The van der Waals surface area contributed by atoms with Crippen molar-refractivity contribution in [3.8, 4) is 0 Å². The molecule has 11 heavy (non-hydrogen) atoms. The SMILES string of the molecule is CN(CCCl)c1cc(Br)cs1. The minimum absolute atomic E-state index is 0.673. The summed E-state index contributed by atoms with van der Waals surface area (Å²) >= 11 is 10.7. The Kier molecular flexibility index (Phi) is 3.69. The molecule has 0 N–H and O–H groups in total. The molecule has 0 saturated carbocycles. The number of alkyl halides is 1. The van der Waals surface area contributed by atoms with Gasteiger partial charge in [-0.1, -0.05) is 0 Å². The average Bonchev–Trinajstić information content (AvgIpc) is 2.36. The smallest absolute Gasteiger partial charge is 0.0917 e. The van der Waals surface area contributed by atoms with Crippen molar-refractivity contribution in [1.29, 1.82) is 0 Å². The van der Waals surface area contributed by atoms with Crippen LogP contribution in [0.2, 0.25) is 0 Å². The molecule has 0 bridgehead atoms. The highest BCUT2D eigenvalue weighted by Crippen LogP contribution is 2.26. The van der Waals surface area contributed by atoms with Crippen LogP contribution in [0.1, 0.15) is 0 Å². The fourth-order valence-corrected chi connectivity index (χ4v) is 2.41. The first-order valence-electron chi connectivity index (χ1n) is 3.25. The van der Waals surface area contributed by atoms with Gasteiger partial charge >= 0.3 is 0 Å². The Morgan fingerprint density at radius 1 is 1.73 bits per heavy atom. The number of anilines is 1. The Morgan fingerprint density at radius 2 is 2.45 bits per heavy atom. The largest absolute Gasteiger partial charge is 0.365 e. The maximum absolute atomic E-state index is 5.60. The van der Waals surface area contributed by atoms with Gasteiger partial charge in [-0.2, -0.15) is 0 Å². The quantitative estimate of drug-likeness (QED) is 0.749. The third-order valence-corrected chi connectivity index (χ3v) is 3.32. The lowest BCUT2D eigenvalue weighted by molar-refractivity contribution is 0.987. The molecule has 0 aliphatic rings. The number of thiophene rings is 1. The van der Waals surface area contributed by atoms with Gasteiger partial charge in [0.05, 0.1) is 5.00 Å². The molecule has 0 spiro atoms. The number of halogens is 2. The lowest BCUT2D eigenvalue weighted by Crippen LogP contribution is -2.17. The number of nitrogens with zero attached hydrogens (tertiary/aromatic N) is 1. The van der Waals surface area contributed by atoms with Crippen molar-refractivity contribution < 1.29 is 0 Å². The normalized spacial score (nSPS) is 10.1. The topological polar surface area (TPSA) is 3.24 Å². The highest BCUT2D eigenvalue weighted by Gasteiger charge is 2.01. The fraction of sp³-hybridized carbons (Fsp3) is 0.429. The molecule has 1 aromatic rings. The lowest BCUT2D eigenvalue weighted by Gasteiger charge is -2.14. The van der Waals surface area contributed by atoms with E-state index in [9.17, 15) is 0 Å². The highest BCUT2D eigenvalue weighted by atomic mass is 79.9. The zero-order valence-corrected chi connectivity index (χ0v) is 9.34. The average molecular weight is 255 g/mol. The molecule has 4 heteroatoms. The zero-order chi connectivity index (χ0) is 8.27. The standard InChI is InChI=1S/C7H9BrClNS/c1-10(3-2-9)7-4-6(8)5-11-7/h4-5H,2-3H2,1H3. The van der Waals surface area contributed by atoms with Crippen LogP contribution in [0, 0.1) is 0 Å². The van der Waals surface area contributed by atoms with Gasteiger partial charge in [-0.25, -0.2) is 0 Å². The van der Waals surface area contributed by atoms with Crippen LogP contribution < -0.4 is 4.90 Å². The summed E-state index contributed by atoms with van der Waals surface area (Å²) in [5, 5.41) is 3.32. The van der Waals surface area contributed by atoms with E-state index in [0.29, 0.717) is 5.88 Å². The third kappa shape index (κ3) is 2.65. The molecule has 1 nitrogen and oxygen atoms in total. The summed E-state index contributed by atoms with van der Waals surface area (Å²) in [4.78, 5) is 2.14. The molecule has 1 aromatic heterocycles. The highest BCUT2D eigenvalue weighted by molar-refractivity contribution is 9.10. The van der Waals surface area contributed by atoms with E-state index in [1.807, 2.05) is 7.05 Å². The van der Waals surface area contributed by atoms with E-state index in [1.54, 1.807) is 11.3 Å². The number of hydrogen-bond acceptors (Lipinski definition) is 2. The summed E-state index contributed by atoms with van der Waals surface area (Å²) in [6.07, 6.45) is 0. The molecular weight excluding hydrogens is 246 g/mol. The van der Waals surface area contributed by atoms with Crippen LogP contribution in [0.5, 0.6) is 0 Å². The summed E-state index contributed by atoms with van der Waals surface area (Å²) in [5.74, 6) is 0.673. The molecule has 0 atom stereocenters. The van der Waals surface area contributed by atoms with Gasteiger partial charge in [0, 0.05) is 29.3 Å². The van der Waals surface area contributed by atoms with Crippen LogP contribution in [0.4, 0.5) is 5.00 Å². The monoisotopic (exact) mass is 253 g/mol. The van der Waals surface area contributed by atoms with E-state index < -0.39 is 0 Å². The second-order valence-electron chi connectivity index (χ2n) is 2.21. The molecule has 0 aliphatic carbocycles. The summed E-state index contributed by atoms with van der Waals surface area (Å²) in [6, 6.07) is 2.09. The molecule has 0 unspecified atom stereocenters. The summed E-state index contributed by atoms with van der Waals surface area (Å²) in [5.41, 5.74) is 0. The van der Waals surface area contributed by atoms with E-state index >= 15 is 0 Å². The first-order chi connectivity index (χ1) is 5.24. The number of rotatable bonds is 3. The van der Waals surface area contributed by atoms with Crippen molar-refractivity contribution in [2.45, 2.75) is 0 Å². The Balaban J connectivity index is 2.60. The Hall–Kier alpha value is 0.270. The van der Waals surface area contributed by atoms with E-state index in [0.717, 1.165) is 11.0 Å². The van der Waals surface area contributed by atoms with Gasteiger partial charge in [0.15, 0.2) is 0 Å². The van der Waals surface area contributed by atoms with Crippen LogP contribution in [0.3, 0.4) is 0 Å². The van der Waals surface area contributed by atoms with E-state index in [4.69, 9.17) is 11.6 Å². The van der Waals surface area contributed by atoms with Gasteiger partial charge in [0.2, 0.25) is 0 Å². The van der Waals surface area contributed by atoms with Crippen molar-refractivity contribution in [1.82, 2.24) is 0 Å². The first kappa shape index (κ1) is 9.36. The van der Waals surface area contributed by atoms with Gasteiger partial charge in [0.1, 0.15) is 0 Å². The molecule has 0 saturated heterocycles. The predicted molar refractivity (Wildman–Crippen MR) is 56.0 cm³/mol. The molecule has 0 aliphatic heterocycles. The molecule has 0 fully saturated rings. The van der Waals surface area contributed by atoms with Crippen LogP contribution >= 0.6 is 38.9 Å². The van der Waals surface area contributed by atoms with E-state index in [2.05, 4.69) is 32.3 Å². The summed E-state index contributed by atoms with van der Waals surface area (Å²) < 4.78 is 1.14. The second-order valence-corrected chi connectivity index (χ2v) is 4.40.